The lowest BCUT2D eigenvalue weighted by molar-refractivity contribution is 0.922. The summed E-state index contributed by atoms with van der Waals surface area (Å²) in [4.78, 5) is 0. The van der Waals surface area contributed by atoms with E-state index in [4.69, 9.17) is 0 Å². The molecule has 0 saturated carbocycles. The molecule has 0 unspecified atom stereocenters. The molecule has 0 fully saturated rings. The van der Waals surface area contributed by atoms with Crippen molar-refractivity contribution >= 4 is 0 Å². The van der Waals surface area contributed by atoms with Crippen LogP contribution in [0.25, 0.3) is 11.1 Å². The number of aryl methyl sites for hydroxylation is 3. The van der Waals surface area contributed by atoms with Gasteiger partial charge in [-0.3, -0.25) is 0 Å². The lowest BCUT2D eigenvalue weighted by Gasteiger charge is -2.08. The fraction of sp³-hybridized carbons (Fsp3) is 0.259. The monoisotopic (exact) mass is 352 g/mol. The molecule has 0 saturated heterocycles. The quantitative estimate of drug-likeness (QED) is 0.435. The average Bonchev–Trinajstić information content (AvgIpc) is 2.69. The van der Waals surface area contributed by atoms with Crippen LogP contribution in [0.4, 0.5) is 0 Å². The Labute approximate surface area is 164 Å². The van der Waals surface area contributed by atoms with Gasteiger partial charge in [-0.15, -0.1) is 0 Å². The van der Waals surface area contributed by atoms with Crippen molar-refractivity contribution in [3.63, 3.8) is 0 Å². The fourth-order valence-corrected chi connectivity index (χ4v) is 3.39. The van der Waals surface area contributed by atoms with Crippen LogP contribution in [0.3, 0.4) is 0 Å². The molecule has 0 aliphatic heterocycles. The molecule has 0 atom stereocenters. The topological polar surface area (TPSA) is 0 Å². The van der Waals surface area contributed by atoms with Gasteiger partial charge < -0.3 is 0 Å². The van der Waals surface area contributed by atoms with Crippen LogP contribution in [-0.4, -0.2) is 0 Å². The molecule has 3 rings (SSSR count). The SMILES string of the molecule is CCCc1ccc(C#Cc2ccc(-c3ccc(CCC)cc3)c(C)c2)cc1. The van der Waals surface area contributed by atoms with Gasteiger partial charge in [0.15, 0.2) is 0 Å². The molecule has 0 nitrogen and oxygen atoms in total. The molecule has 0 N–H and O–H groups in total. The molecule has 136 valence electrons. The molecule has 0 aromatic heterocycles. The van der Waals surface area contributed by atoms with Crippen LogP contribution in [0.1, 0.15) is 54.5 Å². The van der Waals surface area contributed by atoms with E-state index < -0.39 is 0 Å². The molecule has 3 aromatic rings. The Morgan fingerprint density at radius 1 is 0.630 bits per heavy atom. The Kier molecular flexibility index (Phi) is 6.50. The average molecular weight is 353 g/mol. The second-order valence-corrected chi connectivity index (χ2v) is 7.17. The van der Waals surface area contributed by atoms with Crippen LogP contribution in [0, 0.1) is 18.8 Å². The molecule has 0 aliphatic carbocycles. The lowest BCUT2D eigenvalue weighted by Crippen LogP contribution is -1.87. The van der Waals surface area contributed by atoms with Crippen molar-refractivity contribution in [1.29, 1.82) is 0 Å². The normalized spacial score (nSPS) is 10.3. The zero-order valence-corrected chi connectivity index (χ0v) is 16.7. The minimum atomic E-state index is 1.07. The molecule has 27 heavy (non-hydrogen) atoms. The molecule has 0 bridgehead atoms. The predicted octanol–water partition coefficient (Wildman–Crippen LogP) is 6.97. The summed E-state index contributed by atoms with van der Waals surface area (Å²) in [5.41, 5.74) is 8.76. The third kappa shape index (κ3) is 5.11. The second kappa shape index (κ2) is 9.24. The smallest absolute Gasteiger partial charge is 0.0252 e. The maximum Gasteiger partial charge on any atom is 0.0252 e. The van der Waals surface area contributed by atoms with E-state index in [0.717, 1.165) is 24.0 Å². The molecule has 0 aliphatic rings. The third-order valence-corrected chi connectivity index (χ3v) is 4.87. The van der Waals surface area contributed by atoms with Crippen molar-refractivity contribution in [2.75, 3.05) is 0 Å². The van der Waals surface area contributed by atoms with Gasteiger partial charge in [-0.25, -0.2) is 0 Å². The van der Waals surface area contributed by atoms with Gasteiger partial charge in [-0.05, 0) is 71.8 Å². The first-order valence-corrected chi connectivity index (χ1v) is 10.0. The first-order chi connectivity index (χ1) is 13.2. The van der Waals surface area contributed by atoms with Crippen LogP contribution in [0.5, 0.6) is 0 Å². The summed E-state index contributed by atoms with van der Waals surface area (Å²) in [5.74, 6) is 6.60. The highest BCUT2D eigenvalue weighted by Gasteiger charge is 2.03. The van der Waals surface area contributed by atoms with E-state index in [-0.39, 0.29) is 0 Å². The van der Waals surface area contributed by atoms with Gasteiger partial charge in [-0.1, -0.05) is 81.0 Å². The second-order valence-electron chi connectivity index (χ2n) is 7.17. The number of rotatable bonds is 5. The number of benzene rings is 3. The summed E-state index contributed by atoms with van der Waals surface area (Å²) in [6.07, 6.45) is 4.64. The zero-order chi connectivity index (χ0) is 19.1. The molecule has 0 heteroatoms. The van der Waals surface area contributed by atoms with E-state index in [1.807, 2.05) is 0 Å². The van der Waals surface area contributed by atoms with Crippen LogP contribution in [0.2, 0.25) is 0 Å². The molecule has 0 heterocycles. The van der Waals surface area contributed by atoms with Crippen molar-refractivity contribution < 1.29 is 0 Å². The highest BCUT2D eigenvalue weighted by Crippen LogP contribution is 2.25. The third-order valence-electron chi connectivity index (χ3n) is 4.87. The van der Waals surface area contributed by atoms with Crippen LogP contribution in [-0.2, 0) is 12.8 Å². The Morgan fingerprint density at radius 2 is 1.15 bits per heavy atom. The van der Waals surface area contributed by atoms with Gasteiger partial charge in [0.1, 0.15) is 0 Å². The number of hydrogen-bond donors (Lipinski definition) is 0. The van der Waals surface area contributed by atoms with E-state index >= 15 is 0 Å². The van der Waals surface area contributed by atoms with Crippen molar-refractivity contribution in [2.24, 2.45) is 0 Å². The first-order valence-electron chi connectivity index (χ1n) is 10.0. The summed E-state index contributed by atoms with van der Waals surface area (Å²) >= 11 is 0. The van der Waals surface area contributed by atoms with Crippen LogP contribution < -0.4 is 0 Å². The van der Waals surface area contributed by atoms with E-state index in [0.29, 0.717) is 0 Å². The van der Waals surface area contributed by atoms with Crippen molar-refractivity contribution in [2.45, 2.75) is 46.5 Å². The summed E-state index contributed by atoms with van der Waals surface area (Å²) in [6.45, 7) is 6.59. The van der Waals surface area contributed by atoms with Crippen LogP contribution >= 0.6 is 0 Å². The molecular weight excluding hydrogens is 324 g/mol. The lowest BCUT2D eigenvalue weighted by atomic mass is 9.97. The van der Waals surface area contributed by atoms with Gasteiger partial charge in [0, 0.05) is 11.1 Å². The van der Waals surface area contributed by atoms with E-state index in [2.05, 4.69) is 99.3 Å². The zero-order valence-electron chi connectivity index (χ0n) is 16.7. The Hall–Kier alpha value is -2.78. The maximum absolute atomic E-state index is 3.31. The summed E-state index contributed by atoms with van der Waals surface area (Å²) < 4.78 is 0. The summed E-state index contributed by atoms with van der Waals surface area (Å²) in [5, 5.41) is 0. The van der Waals surface area contributed by atoms with Gasteiger partial charge in [0.25, 0.3) is 0 Å². The van der Waals surface area contributed by atoms with Crippen molar-refractivity contribution in [3.8, 4) is 23.0 Å². The van der Waals surface area contributed by atoms with Gasteiger partial charge in [-0.2, -0.15) is 0 Å². The van der Waals surface area contributed by atoms with Gasteiger partial charge >= 0.3 is 0 Å². The largest absolute Gasteiger partial charge is 0.0651 e. The summed E-state index contributed by atoms with van der Waals surface area (Å²) in [7, 11) is 0. The minimum Gasteiger partial charge on any atom is -0.0651 e. The first kappa shape index (κ1) is 19.0. The van der Waals surface area contributed by atoms with E-state index in [9.17, 15) is 0 Å². The van der Waals surface area contributed by atoms with Crippen molar-refractivity contribution in [3.05, 3.63) is 94.5 Å². The van der Waals surface area contributed by atoms with E-state index in [1.54, 1.807) is 0 Å². The van der Waals surface area contributed by atoms with Gasteiger partial charge in [0.2, 0.25) is 0 Å². The summed E-state index contributed by atoms with van der Waals surface area (Å²) in [6, 6.07) is 24.1. The highest BCUT2D eigenvalue weighted by molar-refractivity contribution is 5.68. The Morgan fingerprint density at radius 3 is 1.70 bits per heavy atom. The molecule has 0 radical (unpaired) electrons. The molecular formula is C27H28. The van der Waals surface area contributed by atoms with Crippen LogP contribution in [0.15, 0.2) is 66.7 Å². The predicted molar refractivity (Wildman–Crippen MR) is 117 cm³/mol. The van der Waals surface area contributed by atoms with Gasteiger partial charge in [0.05, 0.1) is 0 Å². The van der Waals surface area contributed by atoms with E-state index in [1.165, 1.54) is 40.7 Å². The Bertz CT molecular complexity index is 932. The van der Waals surface area contributed by atoms with Crippen molar-refractivity contribution in [1.82, 2.24) is 0 Å². The molecule has 0 spiro atoms. The minimum absolute atomic E-state index is 1.07. The standard InChI is InChI=1S/C27H28/c1-4-6-22-8-10-24(11-9-22)12-13-25-16-19-27(21(3)20-25)26-17-14-23(7-5-2)15-18-26/h8-11,14-20H,4-7H2,1-3H3. The molecule has 0 amide bonds. The fourth-order valence-electron chi connectivity index (χ4n) is 3.39. The molecule has 3 aromatic carbocycles. The Balaban J connectivity index is 1.77. The highest BCUT2D eigenvalue weighted by atomic mass is 14.1. The number of hydrogen-bond acceptors (Lipinski definition) is 0. The maximum atomic E-state index is 3.31.